The Hall–Kier alpha value is 1.26. The van der Waals surface area contributed by atoms with Crippen molar-refractivity contribution < 1.29 is 46.4 Å². The summed E-state index contributed by atoms with van der Waals surface area (Å²) in [6.07, 6.45) is 0. The molecule has 0 spiro atoms. The number of rotatable bonds is 0. The Bertz CT molecular complexity index is 149. The van der Waals surface area contributed by atoms with Crippen LogP contribution in [0.3, 0.4) is 0 Å². The summed E-state index contributed by atoms with van der Waals surface area (Å²) in [5, 5.41) is 0. The van der Waals surface area contributed by atoms with Crippen LogP contribution in [-0.4, -0.2) is 55.3 Å². The fraction of sp³-hybridized carbons (Fsp3) is 0. The minimum Gasteiger partial charge on any atom is -0.726 e. The van der Waals surface area contributed by atoms with Gasteiger partial charge in [-0.3, -0.25) is 4.55 Å². The monoisotopic (exact) mass is 236 g/mol. The minimum atomic E-state index is -4.94. The summed E-state index contributed by atoms with van der Waals surface area (Å²) >= 11 is 0. The fourth-order valence-electron chi connectivity index (χ4n) is 0. The molecule has 0 aliphatic rings. The summed E-state index contributed by atoms with van der Waals surface area (Å²) in [6.45, 7) is 0. The normalized spacial score (nSPS) is 10.7. The molecule has 11 heavy (non-hydrogen) atoms. The summed E-state index contributed by atoms with van der Waals surface area (Å²) in [4.78, 5) is 0. The average Bonchev–Trinajstić information content (AvgIpc) is 1.12. The van der Waals surface area contributed by atoms with E-state index in [1.807, 2.05) is 0 Å². The minimum absolute atomic E-state index is 0. The van der Waals surface area contributed by atoms with E-state index in [4.69, 9.17) is 36.2 Å². The first-order valence-corrected chi connectivity index (χ1v) is 3.90. The van der Waals surface area contributed by atoms with Crippen molar-refractivity contribution in [1.29, 1.82) is 0 Å². The van der Waals surface area contributed by atoms with E-state index in [2.05, 4.69) is 0 Å². The summed E-state index contributed by atoms with van der Waals surface area (Å²) in [5.74, 6) is 0. The third-order valence-corrected chi connectivity index (χ3v) is 0. The maximum atomic E-state index is 8.63. The third kappa shape index (κ3) is 608. The van der Waals surface area contributed by atoms with Gasteiger partial charge in [0, 0.05) is 0 Å². The predicted molar refractivity (Wildman–Crippen MR) is 18.1 cm³/mol. The third-order valence-electron chi connectivity index (χ3n) is 0. The van der Waals surface area contributed by atoms with E-state index < -0.39 is 20.6 Å². The second kappa shape index (κ2) is 6.74. The van der Waals surface area contributed by atoms with Crippen molar-refractivity contribution in [2.75, 3.05) is 0 Å². The van der Waals surface area contributed by atoms with Gasteiger partial charge in [-0.25, -0.2) is 27.1 Å². The fourth-order valence-corrected chi connectivity index (χ4v) is 0. The van der Waals surface area contributed by atoms with Gasteiger partial charge in [-0.1, -0.05) is 0 Å². The summed E-state index contributed by atoms with van der Waals surface area (Å²) in [7, 11) is -9.86. The Labute approximate surface area is 93.8 Å². The van der Waals surface area contributed by atoms with E-state index in [0.29, 0.717) is 0 Å². The van der Waals surface area contributed by atoms with Crippen molar-refractivity contribution in [2.24, 2.45) is 0 Å². The SMILES string of the molecule is O=S(=O)([O-])O.[Ca+2].[O-][Cl+3]([O-])([O-])[O-]. The van der Waals surface area contributed by atoms with Crippen LogP contribution in [0.15, 0.2) is 0 Å². The van der Waals surface area contributed by atoms with Crippen molar-refractivity contribution in [1.82, 2.24) is 0 Å². The molecule has 0 fully saturated rings. The first-order chi connectivity index (χ1) is 4.00. The van der Waals surface area contributed by atoms with Gasteiger partial charge in [-0.2, -0.15) is 0 Å². The largest absolute Gasteiger partial charge is 2.00 e. The average molecular weight is 237 g/mol. The van der Waals surface area contributed by atoms with Gasteiger partial charge in [0.05, 0.1) is 0 Å². The molecule has 8 nitrogen and oxygen atoms in total. The van der Waals surface area contributed by atoms with Crippen molar-refractivity contribution in [3.05, 3.63) is 0 Å². The van der Waals surface area contributed by atoms with Crippen molar-refractivity contribution >= 4 is 48.1 Å². The Morgan fingerprint density at radius 3 is 1.09 bits per heavy atom. The standard InChI is InChI=1S/Ca.ClHO4.H2O4S/c;2-1(3,4)5;1-5(2,3)4/h;(H,2,3,4,5);(H2,1,2,3,4)/q+2;;/p-2. The molecule has 0 atom stereocenters. The number of hydrogen-bond donors (Lipinski definition) is 1. The molecular weight excluding hydrogens is 236 g/mol. The molecule has 0 radical (unpaired) electrons. The molecule has 0 amide bonds. The molecule has 0 aromatic carbocycles. The molecule has 0 aliphatic carbocycles. The quantitative estimate of drug-likeness (QED) is 0.246. The van der Waals surface area contributed by atoms with E-state index in [9.17, 15) is 0 Å². The predicted octanol–water partition coefficient (Wildman–Crippen LogP) is -6.13. The van der Waals surface area contributed by atoms with Crippen LogP contribution in [0.2, 0.25) is 0 Å². The number of halogens is 1. The Kier molecular flexibility index (Phi) is 11.1. The van der Waals surface area contributed by atoms with Crippen LogP contribution < -0.4 is 18.6 Å². The maximum absolute atomic E-state index is 8.63. The van der Waals surface area contributed by atoms with Gasteiger partial charge in [-0.05, 0) is 0 Å². The van der Waals surface area contributed by atoms with Crippen LogP contribution in [0.1, 0.15) is 0 Å². The van der Waals surface area contributed by atoms with Crippen molar-refractivity contribution in [2.45, 2.75) is 0 Å². The van der Waals surface area contributed by atoms with Gasteiger partial charge in [0.2, 0.25) is 10.4 Å². The molecule has 0 rings (SSSR count). The molecular formula is HCaClO8S. The Balaban J connectivity index is -0.000000107. The smallest absolute Gasteiger partial charge is 0.726 e. The van der Waals surface area contributed by atoms with E-state index in [-0.39, 0.29) is 37.7 Å². The summed E-state index contributed by atoms with van der Waals surface area (Å²) in [6, 6.07) is 0. The zero-order chi connectivity index (χ0) is 9.00. The zero-order valence-electron chi connectivity index (χ0n) is 4.80. The molecule has 0 unspecified atom stereocenters. The Morgan fingerprint density at radius 1 is 1.09 bits per heavy atom. The summed E-state index contributed by atoms with van der Waals surface area (Å²) in [5.41, 5.74) is 0. The van der Waals surface area contributed by atoms with Crippen molar-refractivity contribution in [3.63, 3.8) is 0 Å². The first-order valence-electron chi connectivity index (χ1n) is 1.30. The molecule has 0 heterocycles. The second-order valence-corrected chi connectivity index (χ2v) is 2.42. The van der Waals surface area contributed by atoms with Gasteiger partial charge in [0.15, 0.2) is 0 Å². The van der Waals surface area contributed by atoms with Crippen LogP contribution in [0, 0.1) is 10.2 Å². The molecule has 0 aromatic rings. The van der Waals surface area contributed by atoms with E-state index >= 15 is 0 Å². The first kappa shape index (κ1) is 18.1. The zero-order valence-corrected chi connectivity index (χ0v) is 8.58. The van der Waals surface area contributed by atoms with Gasteiger partial charge >= 0.3 is 37.7 Å². The summed E-state index contributed by atoms with van der Waals surface area (Å²) < 4.78 is 66.8. The molecule has 0 bridgehead atoms. The molecule has 11 heteroatoms. The molecule has 0 saturated heterocycles. The Morgan fingerprint density at radius 2 is 1.09 bits per heavy atom. The van der Waals surface area contributed by atoms with Gasteiger partial charge in [-0.15, -0.1) is 10.2 Å². The number of hydrogen-bond acceptors (Lipinski definition) is 7. The van der Waals surface area contributed by atoms with E-state index in [1.165, 1.54) is 0 Å². The van der Waals surface area contributed by atoms with E-state index in [0.717, 1.165) is 0 Å². The molecule has 0 saturated carbocycles. The molecule has 64 valence electrons. The maximum Gasteiger partial charge on any atom is 2.00 e. The van der Waals surface area contributed by atoms with Gasteiger partial charge in [0.1, 0.15) is 0 Å². The van der Waals surface area contributed by atoms with Crippen LogP contribution in [0.25, 0.3) is 0 Å². The van der Waals surface area contributed by atoms with Crippen LogP contribution >= 0.6 is 0 Å². The van der Waals surface area contributed by atoms with Crippen LogP contribution in [0.5, 0.6) is 0 Å². The van der Waals surface area contributed by atoms with Crippen LogP contribution in [0.4, 0.5) is 0 Å². The van der Waals surface area contributed by atoms with Gasteiger partial charge in [0.25, 0.3) is 0 Å². The topological polar surface area (TPSA) is 170 Å². The second-order valence-electron chi connectivity index (χ2n) is 0.806. The van der Waals surface area contributed by atoms with Crippen molar-refractivity contribution in [3.8, 4) is 0 Å². The molecule has 1 N–H and O–H groups in total. The van der Waals surface area contributed by atoms with E-state index in [1.54, 1.807) is 0 Å². The van der Waals surface area contributed by atoms with Gasteiger partial charge < -0.3 is 4.55 Å². The van der Waals surface area contributed by atoms with Crippen LogP contribution in [-0.2, 0) is 10.4 Å². The molecule has 0 aromatic heterocycles. The molecule has 0 aliphatic heterocycles.